The molecule has 0 aliphatic rings. The second kappa shape index (κ2) is 5.62. The third kappa shape index (κ3) is 3.48. The van der Waals surface area contributed by atoms with Gasteiger partial charge in [-0.15, -0.1) is 10.2 Å². The smallest absolute Gasteiger partial charge is 0.269 e. The van der Waals surface area contributed by atoms with Crippen molar-refractivity contribution in [1.29, 1.82) is 0 Å². The minimum atomic E-state index is -0.237. The molecule has 0 bridgehead atoms. The number of nitrogen functional groups attached to an aromatic ring is 1. The molecule has 0 spiro atoms. The molecule has 102 valence electrons. The molecule has 0 fully saturated rings. The van der Waals surface area contributed by atoms with Crippen LogP contribution in [0.1, 0.15) is 34.2 Å². The molecule has 0 aliphatic carbocycles. The van der Waals surface area contributed by atoms with Crippen LogP contribution in [0.3, 0.4) is 0 Å². The van der Waals surface area contributed by atoms with Crippen molar-refractivity contribution in [2.24, 2.45) is 5.92 Å². The second-order valence-corrected chi connectivity index (χ2v) is 6.61. The van der Waals surface area contributed by atoms with Gasteiger partial charge in [-0.05, 0) is 12.8 Å². The Balaban J connectivity index is 2.07. The van der Waals surface area contributed by atoms with Gasteiger partial charge in [0.05, 0.1) is 5.69 Å². The zero-order chi connectivity index (χ0) is 14.0. The lowest BCUT2D eigenvalue weighted by atomic mass is 10.1. The number of aromatic nitrogens is 3. The van der Waals surface area contributed by atoms with Crippen LogP contribution in [0, 0.1) is 12.8 Å². The third-order valence-corrected chi connectivity index (χ3v) is 4.14. The van der Waals surface area contributed by atoms with Crippen LogP contribution < -0.4 is 11.1 Å². The molecule has 0 aromatic carbocycles. The lowest BCUT2D eigenvalue weighted by Crippen LogP contribution is -2.11. The first-order valence-corrected chi connectivity index (χ1v) is 7.45. The summed E-state index contributed by atoms with van der Waals surface area (Å²) < 4.78 is 0. The Morgan fingerprint density at radius 2 is 2.11 bits per heavy atom. The molecular weight excluding hydrogens is 282 g/mol. The molecule has 6 nitrogen and oxygen atoms in total. The van der Waals surface area contributed by atoms with Crippen LogP contribution >= 0.6 is 22.7 Å². The highest BCUT2D eigenvalue weighted by Gasteiger charge is 2.16. The maximum atomic E-state index is 12.0. The van der Waals surface area contributed by atoms with Gasteiger partial charge in [-0.2, -0.15) is 0 Å². The fourth-order valence-corrected chi connectivity index (χ4v) is 3.19. The number of anilines is 2. The van der Waals surface area contributed by atoms with Gasteiger partial charge in [0.25, 0.3) is 5.91 Å². The molecule has 2 aromatic heterocycles. The number of nitrogens with zero attached hydrogens (tertiary/aromatic N) is 3. The molecule has 2 heterocycles. The van der Waals surface area contributed by atoms with Crippen LogP contribution in [0.15, 0.2) is 0 Å². The Morgan fingerprint density at radius 3 is 2.68 bits per heavy atom. The predicted octanol–water partition coefficient (Wildman–Crippen LogP) is 2.34. The number of aryl methyl sites for hydroxylation is 1. The van der Waals surface area contributed by atoms with Gasteiger partial charge >= 0.3 is 0 Å². The molecule has 2 rings (SSSR count). The Labute approximate surface area is 119 Å². The molecule has 0 saturated heterocycles. The van der Waals surface area contributed by atoms with Gasteiger partial charge in [0, 0.05) is 6.42 Å². The Bertz CT molecular complexity index is 590. The highest BCUT2D eigenvalue weighted by atomic mass is 32.1. The van der Waals surface area contributed by atoms with Gasteiger partial charge in [0.1, 0.15) is 9.88 Å². The largest absolute Gasteiger partial charge is 0.375 e. The van der Waals surface area contributed by atoms with Gasteiger partial charge < -0.3 is 5.73 Å². The highest BCUT2D eigenvalue weighted by Crippen LogP contribution is 2.23. The van der Waals surface area contributed by atoms with E-state index in [1.165, 1.54) is 22.7 Å². The second-order valence-electron chi connectivity index (χ2n) is 4.52. The number of amides is 1. The average Bonchev–Trinajstić information content (AvgIpc) is 2.84. The monoisotopic (exact) mass is 297 g/mol. The first-order chi connectivity index (χ1) is 8.95. The molecule has 0 unspecified atom stereocenters. The minimum absolute atomic E-state index is 0.237. The summed E-state index contributed by atoms with van der Waals surface area (Å²) in [5, 5.41) is 12.6. The van der Waals surface area contributed by atoms with Gasteiger partial charge in [-0.25, -0.2) is 4.98 Å². The average molecular weight is 297 g/mol. The van der Waals surface area contributed by atoms with E-state index in [2.05, 4.69) is 34.3 Å². The summed E-state index contributed by atoms with van der Waals surface area (Å²) in [5.41, 5.74) is 6.20. The van der Waals surface area contributed by atoms with Crippen molar-refractivity contribution in [3.8, 4) is 0 Å². The van der Waals surface area contributed by atoms with Crippen LogP contribution in [0.2, 0.25) is 0 Å². The molecule has 19 heavy (non-hydrogen) atoms. The van der Waals surface area contributed by atoms with Crippen LogP contribution in [-0.4, -0.2) is 21.1 Å². The van der Waals surface area contributed by atoms with E-state index >= 15 is 0 Å². The summed E-state index contributed by atoms with van der Waals surface area (Å²) in [6.07, 6.45) is 0.861. The molecule has 1 amide bonds. The number of carbonyl (C=O) groups is 1. The van der Waals surface area contributed by atoms with Crippen molar-refractivity contribution in [3.05, 3.63) is 15.6 Å². The molecule has 2 aromatic rings. The molecule has 0 atom stereocenters. The summed E-state index contributed by atoms with van der Waals surface area (Å²) >= 11 is 2.57. The van der Waals surface area contributed by atoms with Crippen LogP contribution in [0.25, 0.3) is 0 Å². The van der Waals surface area contributed by atoms with E-state index < -0.39 is 0 Å². The molecular formula is C11H15N5OS2. The van der Waals surface area contributed by atoms with E-state index in [9.17, 15) is 4.79 Å². The first-order valence-electron chi connectivity index (χ1n) is 5.82. The van der Waals surface area contributed by atoms with E-state index in [-0.39, 0.29) is 5.91 Å². The van der Waals surface area contributed by atoms with Crippen molar-refractivity contribution in [1.82, 2.24) is 15.2 Å². The third-order valence-electron chi connectivity index (χ3n) is 2.29. The zero-order valence-electron chi connectivity index (χ0n) is 10.9. The summed E-state index contributed by atoms with van der Waals surface area (Å²) in [4.78, 5) is 16.6. The van der Waals surface area contributed by atoms with Gasteiger partial charge in [0.15, 0.2) is 5.13 Å². The number of hydrogen-bond acceptors (Lipinski definition) is 7. The standard InChI is InChI=1S/C11H15N5OS2/c1-5(2)4-7-15-16-11(18-7)14-9(17)8-6(3)13-10(12)19-8/h5H,4H2,1-3H3,(H2,12,13)(H,14,16,17). The summed E-state index contributed by atoms with van der Waals surface area (Å²) in [7, 11) is 0. The summed E-state index contributed by atoms with van der Waals surface area (Å²) in [6.45, 7) is 5.98. The topological polar surface area (TPSA) is 93.8 Å². The lowest BCUT2D eigenvalue weighted by molar-refractivity contribution is 0.102. The molecule has 3 N–H and O–H groups in total. The molecule has 0 saturated carbocycles. The fourth-order valence-electron chi connectivity index (χ4n) is 1.52. The van der Waals surface area contributed by atoms with Crippen molar-refractivity contribution < 1.29 is 4.79 Å². The normalized spacial score (nSPS) is 10.9. The maximum Gasteiger partial charge on any atom is 0.269 e. The van der Waals surface area contributed by atoms with Gasteiger partial charge in [0.2, 0.25) is 5.13 Å². The van der Waals surface area contributed by atoms with Crippen molar-refractivity contribution in [3.63, 3.8) is 0 Å². The van der Waals surface area contributed by atoms with E-state index in [1.807, 2.05) is 0 Å². The van der Waals surface area contributed by atoms with E-state index in [1.54, 1.807) is 6.92 Å². The molecule has 8 heteroatoms. The van der Waals surface area contributed by atoms with Crippen molar-refractivity contribution in [2.45, 2.75) is 27.2 Å². The number of carbonyl (C=O) groups excluding carboxylic acids is 1. The number of hydrogen-bond donors (Lipinski definition) is 2. The van der Waals surface area contributed by atoms with Crippen LogP contribution in [0.4, 0.5) is 10.3 Å². The summed E-state index contributed by atoms with van der Waals surface area (Å²) in [5.74, 6) is 0.277. The quantitative estimate of drug-likeness (QED) is 0.903. The highest BCUT2D eigenvalue weighted by molar-refractivity contribution is 7.18. The summed E-state index contributed by atoms with van der Waals surface area (Å²) in [6, 6.07) is 0. The van der Waals surface area contributed by atoms with Crippen LogP contribution in [0.5, 0.6) is 0 Å². The predicted molar refractivity (Wildman–Crippen MR) is 77.7 cm³/mol. The van der Waals surface area contributed by atoms with Crippen molar-refractivity contribution >= 4 is 38.8 Å². The maximum absolute atomic E-state index is 12.0. The van der Waals surface area contributed by atoms with Crippen LogP contribution in [-0.2, 0) is 6.42 Å². The molecule has 0 aliphatic heterocycles. The zero-order valence-corrected chi connectivity index (χ0v) is 12.6. The van der Waals surface area contributed by atoms with Gasteiger partial charge in [-0.1, -0.05) is 36.5 Å². The molecule has 0 radical (unpaired) electrons. The fraction of sp³-hybridized carbons (Fsp3) is 0.455. The SMILES string of the molecule is Cc1nc(N)sc1C(=O)Nc1nnc(CC(C)C)s1. The van der Waals surface area contributed by atoms with Gasteiger partial charge in [-0.3, -0.25) is 10.1 Å². The number of thiazole rings is 1. The van der Waals surface area contributed by atoms with E-state index in [4.69, 9.17) is 5.73 Å². The van der Waals surface area contributed by atoms with Crippen molar-refractivity contribution in [2.75, 3.05) is 11.1 Å². The number of nitrogens with one attached hydrogen (secondary N) is 1. The minimum Gasteiger partial charge on any atom is -0.375 e. The number of nitrogens with two attached hydrogens (primary N) is 1. The first kappa shape index (κ1) is 13.9. The lowest BCUT2D eigenvalue weighted by Gasteiger charge is -1.98. The number of rotatable bonds is 4. The Hall–Kier alpha value is -1.54. The Kier molecular flexibility index (Phi) is 4.11. The Morgan fingerprint density at radius 1 is 1.37 bits per heavy atom. The van der Waals surface area contributed by atoms with E-state index in [0.717, 1.165) is 11.4 Å². The van der Waals surface area contributed by atoms with E-state index in [0.29, 0.717) is 26.8 Å².